The second-order valence-electron chi connectivity index (χ2n) is 4.91. The number of carbonyl (C=O) groups excluding carboxylic acids is 1. The smallest absolute Gasteiger partial charge is 0.313 e. The number of hydrogen-bond donors (Lipinski definition) is 1. The monoisotopic (exact) mass is 251 g/mol. The number of nitrogens with one attached hydrogen (secondary N) is 1. The zero-order chi connectivity index (χ0) is 13.8. The number of aryl methyl sites for hydroxylation is 1. The minimum absolute atomic E-state index is 0.222. The summed E-state index contributed by atoms with van der Waals surface area (Å²) in [5, 5.41) is 3.24. The van der Waals surface area contributed by atoms with Crippen molar-refractivity contribution in [1.82, 2.24) is 0 Å². The summed E-state index contributed by atoms with van der Waals surface area (Å²) in [6.07, 6.45) is 0. The maximum Gasteiger partial charge on any atom is 0.313 e. The predicted octanol–water partition coefficient (Wildman–Crippen LogP) is 2.61. The Labute approximate surface area is 108 Å². The molecule has 0 radical (unpaired) electrons. The lowest BCUT2D eigenvalue weighted by atomic mass is 9.93. The van der Waals surface area contributed by atoms with Crippen LogP contribution in [0.5, 0.6) is 5.75 Å². The Bertz CT molecular complexity index is 427. The Morgan fingerprint density at radius 1 is 1.33 bits per heavy atom. The first-order valence-electron chi connectivity index (χ1n) is 5.87. The van der Waals surface area contributed by atoms with Crippen molar-refractivity contribution in [3.8, 4) is 5.75 Å². The van der Waals surface area contributed by atoms with E-state index in [0.717, 1.165) is 17.0 Å². The molecule has 1 aromatic rings. The third kappa shape index (κ3) is 3.39. The van der Waals surface area contributed by atoms with Gasteiger partial charge in [0.2, 0.25) is 0 Å². The Morgan fingerprint density at radius 2 is 2.00 bits per heavy atom. The van der Waals surface area contributed by atoms with E-state index in [0.29, 0.717) is 6.54 Å². The minimum Gasteiger partial charge on any atom is -0.496 e. The number of esters is 1. The van der Waals surface area contributed by atoms with Gasteiger partial charge in [-0.3, -0.25) is 4.79 Å². The molecule has 100 valence electrons. The van der Waals surface area contributed by atoms with Crippen LogP contribution in [0, 0.1) is 12.3 Å². The largest absolute Gasteiger partial charge is 0.496 e. The molecule has 4 nitrogen and oxygen atoms in total. The summed E-state index contributed by atoms with van der Waals surface area (Å²) < 4.78 is 9.96. The first-order valence-corrected chi connectivity index (χ1v) is 5.87. The second-order valence-corrected chi connectivity index (χ2v) is 4.91. The van der Waals surface area contributed by atoms with Crippen molar-refractivity contribution in [2.75, 3.05) is 26.1 Å². The number of benzene rings is 1. The summed E-state index contributed by atoms with van der Waals surface area (Å²) in [4.78, 5) is 11.5. The molecule has 18 heavy (non-hydrogen) atoms. The summed E-state index contributed by atoms with van der Waals surface area (Å²) >= 11 is 0. The van der Waals surface area contributed by atoms with Gasteiger partial charge in [-0.05, 0) is 44.5 Å². The fourth-order valence-electron chi connectivity index (χ4n) is 1.66. The van der Waals surface area contributed by atoms with Crippen LogP contribution in [-0.2, 0) is 9.53 Å². The summed E-state index contributed by atoms with van der Waals surface area (Å²) in [7, 11) is 3.05. The highest BCUT2D eigenvalue weighted by atomic mass is 16.5. The molecule has 1 N–H and O–H groups in total. The lowest BCUT2D eigenvalue weighted by Crippen LogP contribution is -2.33. The molecule has 0 aliphatic carbocycles. The highest BCUT2D eigenvalue weighted by Gasteiger charge is 2.28. The number of carbonyl (C=O) groups is 1. The van der Waals surface area contributed by atoms with Crippen molar-refractivity contribution in [2.24, 2.45) is 5.41 Å². The van der Waals surface area contributed by atoms with Gasteiger partial charge in [0.05, 0.1) is 19.6 Å². The minimum atomic E-state index is -0.553. The summed E-state index contributed by atoms with van der Waals surface area (Å²) in [6.45, 7) is 6.20. The van der Waals surface area contributed by atoms with Gasteiger partial charge in [-0.15, -0.1) is 0 Å². The Kier molecular flexibility index (Phi) is 4.59. The molecule has 0 aliphatic rings. The zero-order valence-electron chi connectivity index (χ0n) is 11.7. The first-order chi connectivity index (χ1) is 8.40. The van der Waals surface area contributed by atoms with Crippen LogP contribution in [0.2, 0.25) is 0 Å². The maximum absolute atomic E-state index is 11.5. The van der Waals surface area contributed by atoms with Crippen LogP contribution in [0.25, 0.3) is 0 Å². The molecule has 0 aliphatic heterocycles. The van der Waals surface area contributed by atoms with Crippen LogP contribution in [-0.4, -0.2) is 26.7 Å². The Morgan fingerprint density at radius 3 is 2.50 bits per heavy atom. The third-order valence-corrected chi connectivity index (χ3v) is 2.87. The molecule has 0 spiro atoms. The van der Waals surface area contributed by atoms with E-state index < -0.39 is 5.41 Å². The van der Waals surface area contributed by atoms with Gasteiger partial charge in [0, 0.05) is 12.2 Å². The van der Waals surface area contributed by atoms with Crippen molar-refractivity contribution >= 4 is 11.7 Å². The average molecular weight is 251 g/mol. The topological polar surface area (TPSA) is 47.6 Å². The molecule has 0 amide bonds. The van der Waals surface area contributed by atoms with E-state index in [-0.39, 0.29) is 5.97 Å². The van der Waals surface area contributed by atoms with Gasteiger partial charge in [0.1, 0.15) is 5.75 Å². The molecule has 0 aromatic heterocycles. The number of methoxy groups -OCH3 is 2. The van der Waals surface area contributed by atoms with E-state index in [2.05, 4.69) is 5.32 Å². The van der Waals surface area contributed by atoms with Crippen molar-refractivity contribution in [1.29, 1.82) is 0 Å². The molecular weight excluding hydrogens is 230 g/mol. The molecule has 4 heteroatoms. The van der Waals surface area contributed by atoms with Gasteiger partial charge < -0.3 is 14.8 Å². The van der Waals surface area contributed by atoms with Gasteiger partial charge in [-0.2, -0.15) is 0 Å². The first kappa shape index (κ1) is 14.4. The fourth-order valence-corrected chi connectivity index (χ4v) is 1.66. The summed E-state index contributed by atoms with van der Waals surface area (Å²) in [5.41, 5.74) is 1.46. The number of ether oxygens (including phenoxy) is 2. The lowest BCUT2D eigenvalue weighted by Gasteiger charge is -2.22. The number of anilines is 1. The van der Waals surface area contributed by atoms with E-state index in [1.165, 1.54) is 7.11 Å². The third-order valence-electron chi connectivity index (χ3n) is 2.87. The molecule has 0 heterocycles. The van der Waals surface area contributed by atoms with E-state index in [1.54, 1.807) is 7.11 Å². The van der Waals surface area contributed by atoms with Crippen LogP contribution in [0.4, 0.5) is 5.69 Å². The van der Waals surface area contributed by atoms with E-state index in [4.69, 9.17) is 9.47 Å². The molecule has 0 saturated heterocycles. The molecule has 1 aromatic carbocycles. The van der Waals surface area contributed by atoms with Gasteiger partial charge >= 0.3 is 5.97 Å². The van der Waals surface area contributed by atoms with E-state index >= 15 is 0 Å². The molecule has 0 unspecified atom stereocenters. The molecule has 0 saturated carbocycles. The van der Waals surface area contributed by atoms with Crippen LogP contribution in [0.3, 0.4) is 0 Å². The van der Waals surface area contributed by atoms with Crippen LogP contribution in [0.15, 0.2) is 18.2 Å². The molecule has 0 fully saturated rings. The van der Waals surface area contributed by atoms with E-state index in [9.17, 15) is 4.79 Å². The quantitative estimate of drug-likeness (QED) is 0.817. The second kappa shape index (κ2) is 5.76. The normalized spacial score (nSPS) is 10.9. The summed E-state index contributed by atoms with van der Waals surface area (Å²) in [6, 6.07) is 5.83. The predicted molar refractivity (Wildman–Crippen MR) is 72.0 cm³/mol. The molecular formula is C14H21NO3. The molecule has 0 bridgehead atoms. The average Bonchev–Trinajstić information content (AvgIpc) is 2.35. The van der Waals surface area contributed by atoms with Crippen LogP contribution >= 0.6 is 0 Å². The van der Waals surface area contributed by atoms with Gasteiger partial charge in [0.15, 0.2) is 0 Å². The number of rotatable bonds is 5. The standard InChI is InChI=1S/C14H21NO3/c1-10-8-11(6-7-12(10)17-4)15-9-14(2,3)13(16)18-5/h6-8,15H,9H2,1-5H3. The highest BCUT2D eigenvalue weighted by molar-refractivity contribution is 5.76. The van der Waals surface area contributed by atoms with Crippen molar-refractivity contribution in [2.45, 2.75) is 20.8 Å². The van der Waals surface area contributed by atoms with Crippen molar-refractivity contribution in [3.63, 3.8) is 0 Å². The Hall–Kier alpha value is -1.71. The van der Waals surface area contributed by atoms with Gasteiger partial charge in [-0.1, -0.05) is 0 Å². The molecule has 1 rings (SSSR count). The fraction of sp³-hybridized carbons (Fsp3) is 0.500. The highest BCUT2D eigenvalue weighted by Crippen LogP contribution is 2.23. The van der Waals surface area contributed by atoms with Crippen molar-refractivity contribution in [3.05, 3.63) is 23.8 Å². The number of hydrogen-bond acceptors (Lipinski definition) is 4. The maximum atomic E-state index is 11.5. The van der Waals surface area contributed by atoms with Gasteiger partial charge in [-0.25, -0.2) is 0 Å². The van der Waals surface area contributed by atoms with E-state index in [1.807, 2.05) is 39.0 Å². The van der Waals surface area contributed by atoms with Gasteiger partial charge in [0.25, 0.3) is 0 Å². The summed E-state index contributed by atoms with van der Waals surface area (Å²) in [5.74, 6) is 0.632. The Balaban J connectivity index is 2.69. The van der Waals surface area contributed by atoms with Crippen molar-refractivity contribution < 1.29 is 14.3 Å². The van der Waals surface area contributed by atoms with Crippen LogP contribution in [0.1, 0.15) is 19.4 Å². The SMILES string of the molecule is COC(=O)C(C)(C)CNc1ccc(OC)c(C)c1. The zero-order valence-corrected chi connectivity index (χ0v) is 11.7. The lowest BCUT2D eigenvalue weighted by molar-refractivity contribution is -0.149. The molecule has 0 atom stereocenters. The van der Waals surface area contributed by atoms with Crippen LogP contribution < -0.4 is 10.1 Å².